The zero-order valence-corrected chi connectivity index (χ0v) is 20.9. The molecule has 176 valence electrons. The third-order valence-electron chi connectivity index (χ3n) is 6.99. The van der Waals surface area contributed by atoms with Gasteiger partial charge < -0.3 is 4.90 Å². The number of hydrogen-bond donors (Lipinski definition) is 0. The Morgan fingerprint density at radius 3 is 2.50 bits per heavy atom. The average Bonchev–Trinajstić information content (AvgIpc) is 3.37. The van der Waals surface area contributed by atoms with E-state index in [2.05, 4.69) is 64.4 Å². The fourth-order valence-corrected chi connectivity index (χ4v) is 5.27. The Hall–Kier alpha value is -3.13. The molecular weight excluding hydrogens is 442 g/mol. The Kier molecular flexibility index (Phi) is 6.41. The van der Waals surface area contributed by atoms with Gasteiger partial charge in [-0.3, -0.25) is 0 Å². The summed E-state index contributed by atoms with van der Waals surface area (Å²) in [6.07, 6.45) is 5.37. The summed E-state index contributed by atoms with van der Waals surface area (Å²) in [6.45, 7) is 8.21. The van der Waals surface area contributed by atoms with Gasteiger partial charge in [0.1, 0.15) is 0 Å². The number of likely N-dealkylation sites (tertiary alicyclic amines) is 1. The van der Waals surface area contributed by atoms with Crippen molar-refractivity contribution < 1.29 is 0 Å². The maximum Gasteiger partial charge on any atom is 0.178 e. The number of fused-ring (bicyclic) bond motifs is 1. The standard InChI is InChI=1S/C26H31N7S/c1-18-23(19(2)32(29-18)25-11-10-24-28-27-20(3)33(24)30-25)9-12-26(34)31-15-13-22(14-16-31)17-21-7-5-4-6-8-21/h4-8,10-11,22H,9,12-17H2,1-3H3. The molecule has 1 saturated heterocycles. The van der Waals surface area contributed by atoms with E-state index in [1.54, 1.807) is 4.52 Å². The molecular formula is C26H31N7S. The highest BCUT2D eigenvalue weighted by molar-refractivity contribution is 7.80. The lowest BCUT2D eigenvalue weighted by Gasteiger charge is -2.34. The largest absolute Gasteiger partial charge is 0.366 e. The van der Waals surface area contributed by atoms with Crippen molar-refractivity contribution in [1.29, 1.82) is 0 Å². The van der Waals surface area contributed by atoms with E-state index in [0.717, 1.165) is 65.5 Å². The van der Waals surface area contributed by atoms with Crippen LogP contribution in [0.1, 0.15) is 47.6 Å². The summed E-state index contributed by atoms with van der Waals surface area (Å²) in [5.74, 6) is 2.28. The van der Waals surface area contributed by atoms with Gasteiger partial charge in [0.05, 0.1) is 10.7 Å². The second-order valence-electron chi connectivity index (χ2n) is 9.28. The maximum atomic E-state index is 5.85. The Bertz CT molecular complexity index is 1300. The number of aromatic nitrogens is 6. The summed E-state index contributed by atoms with van der Waals surface area (Å²) in [5, 5.41) is 17.7. The van der Waals surface area contributed by atoms with Crippen molar-refractivity contribution >= 4 is 22.9 Å². The molecule has 0 N–H and O–H groups in total. The molecule has 7 nitrogen and oxygen atoms in total. The minimum Gasteiger partial charge on any atom is -0.366 e. The van der Waals surface area contributed by atoms with Crippen molar-refractivity contribution in [2.45, 2.75) is 52.9 Å². The molecule has 0 aliphatic carbocycles. The molecule has 1 fully saturated rings. The molecule has 0 spiro atoms. The van der Waals surface area contributed by atoms with Crippen LogP contribution in [-0.4, -0.2) is 52.6 Å². The van der Waals surface area contributed by atoms with Gasteiger partial charge in [-0.15, -0.1) is 15.3 Å². The first-order chi connectivity index (χ1) is 16.5. The van der Waals surface area contributed by atoms with E-state index in [0.29, 0.717) is 0 Å². The number of rotatable bonds is 6. The fraction of sp³-hybridized carbons (Fsp3) is 0.423. The highest BCUT2D eigenvalue weighted by atomic mass is 32.1. The first-order valence-corrected chi connectivity index (χ1v) is 12.5. The molecule has 0 unspecified atom stereocenters. The second kappa shape index (κ2) is 9.62. The third kappa shape index (κ3) is 4.59. The first kappa shape index (κ1) is 22.7. The molecule has 1 aliphatic rings. The molecule has 0 saturated carbocycles. The predicted molar refractivity (Wildman–Crippen MR) is 137 cm³/mol. The number of piperidine rings is 1. The summed E-state index contributed by atoms with van der Waals surface area (Å²) < 4.78 is 3.67. The van der Waals surface area contributed by atoms with Crippen LogP contribution >= 0.6 is 12.2 Å². The lowest BCUT2D eigenvalue weighted by atomic mass is 9.90. The van der Waals surface area contributed by atoms with Gasteiger partial charge in [-0.2, -0.15) is 9.61 Å². The van der Waals surface area contributed by atoms with E-state index < -0.39 is 0 Å². The van der Waals surface area contributed by atoms with Crippen LogP contribution in [0.2, 0.25) is 0 Å². The second-order valence-corrected chi connectivity index (χ2v) is 9.76. The van der Waals surface area contributed by atoms with Crippen LogP contribution in [0.25, 0.3) is 11.5 Å². The molecule has 4 aromatic rings. The van der Waals surface area contributed by atoms with Crippen molar-refractivity contribution in [2.75, 3.05) is 13.1 Å². The van der Waals surface area contributed by atoms with E-state index in [9.17, 15) is 0 Å². The quantitative estimate of drug-likeness (QED) is 0.386. The molecule has 4 heterocycles. The average molecular weight is 474 g/mol. The Morgan fingerprint density at radius 2 is 1.74 bits per heavy atom. The SMILES string of the molecule is Cc1nn(-c2ccc3nnc(C)n3n2)c(C)c1CCC(=S)N1CCC(Cc2ccccc2)CC1. The van der Waals surface area contributed by atoms with E-state index >= 15 is 0 Å². The summed E-state index contributed by atoms with van der Waals surface area (Å²) in [5.41, 5.74) is 5.58. The van der Waals surface area contributed by atoms with Crippen molar-refractivity contribution in [1.82, 2.24) is 34.5 Å². The molecule has 34 heavy (non-hydrogen) atoms. The van der Waals surface area contributed by atoms with Gasteiger partial charge in [0.2, 0.25) is 0 Å². The highest BCUT2D eigenvalue weighted by Gasteiger charge is 2.22. The summed E-state index contributed by atoms with van der Waals surface area (Å²) >= 11 is 5.85. The lowest BCUT2D eigenvalue weighted by molar-refractivity contribution is 0.265. The van der Waals surface area contributed by atoms with E-state index in [-0.39, 0.29) is 0 Å². The van der Waals surface area contributed by atoms with Gasteiger partial charge in [0, 0.05) is 25.2 Å². The van der Waals surface area contributed by atoms with Crippen LogP contribution in [0.5, 0.6) is 0 Å². The number of thiocarbonyl (C=S) groups is 1. The fourth-order valence-electron chi connectivity index (χ4n) is 4.98. The molecule has 1 aromatic carbocycles. The number of nitrogens with zero attached hydrogens (tertiary/aromatic N) is 7. The van der Waals surface area contributed by atoms with Crippen LogP contribution in [-0.2, 0) is 12.8 Å². The van der Waals surface area contributed by atoms with Gasteiger partial charge in [0.25, 0.3) is 0 Å². The minimum atomic E-state index is 0.737. The number of hydrogen-bond acceptors (Lipinski definition) is 5. The van der Waals surface area contributed by atoms with Crippen LogP contribution in [0, 0.1) is 26.7 Å². The zero-order chi connectivity index (χ0) is 23.7. The summed E-state index contributed by atoms with van der Waals surface area (Å²) in [7, 11) is 0. The molecule has 3 aromatic heterocycles. The highest BCUT2D eigenvalue weighted by Crippen LogP contribution is 2.24. The number of benzene rings is 1. The Morgan fingerprint density at radius 1 is 0.971 bits per heavy atom. The predicted octanol–water partition coefficient (Wildman–Crippen LogP) is 4.45. The van der Waals surface area contributed by atoms with Crippen LogP contribution in [0.15, 0.2) is 42.5 Å². The molecule has 8 heteroatoms. The van der Waals surface area contributed by atoms with Crippen molar-refractivity contribution in [3.8, 4) is 5.82 Å². The number of aryl methyl sites for hydroxylation is 2. The van der Waals surface area contributed by atoms with Gasteiger partial charge in [0.15, 0.2) is 17.3 Å². The molecule has 5 rings (SSSR count). The normalized spacial score (nSPS) is 14.7. The van der Waals surface area contributed by atoms with Crippen molar-refractivity contribution in [2.24, 2.45) is 5.92 Å². The third-order valence-corrected chi connectivity index (χ3v) is 7.45. The minimum absolute atomic E-state index is 0.737. The van der Waals surface area contributed by atoms with Crippen LogP contribution in [0.3, 0.4) is 0 Å². The van der Waals surface area contributed by atoms with Crippen LogP contribution in [0.4, 0.5) is 0 Å². The summed E-state index contributed by atoms with van der Waals surface area (Å²) in [4.78, 5) is 3.49. The maximum absolute atomic E-state index is 5.85. The van der Waals surface area contributed by atoms with Gasteiger partial charge in [-0.05, 0) is 75.6 Å². The smallest absolute Gasteiger partial charge is 0.178 e. The van der Waals surface area contributed by atoms with Crippen LogP contribution < -0.4 is 0 Å². The van der Waals surface area contributed by atoms with Gasteiger partial charge >= 0.3 is 0 Å². The summed E-state index contributed by atoms with van der Waals surface area (Å²) in [6, 6.07) is 14.7. The zero-order valence-electron chi connectivity index (χ0n) is 20.1. The molecule has 0 atom stereocenters. The van der Waals surface area contributed by atoms with Crippen molar-refractivity contribution in [3.05, 3.63) is 70.8 Å². The molecule has 0 amide bonds. The molecule has 0 radical (unpaired) electrons. The molecule has 0 bridgehead atoms. The van der Waals surface area contributed by atoms with E-state index in [4.69, 9.17) is 17.3 Å². The Balaban J connectivity index is 1.20. The molecule has 1 aliphatic heterocycles. The van der Waals surface area contributed by atoms with E-state index in [1.165, 1.54) is 30.4 Å². The van der Waals surface area contributed by atoms with Crippen molar-refractivity contribution in [3.63, 3.8) is 0 Å². The lowest BCUT2D eigenvalue weighted by Crippen LogP contribution is -2.38. The topological polar surface area (TPSA) is 64.1 Å². The Labute approximate surface area is 205 Å². The van der Waals surface area contributed by atoms with Gasteiger partial charge in [-0.25, -0.2) is 4.68 Å². The monoisotopic (exact) mass is 473 g/mol. The van der Waals surface area contributed by atoms with Gasteiger partial charge in [-0.1, -0.05) is 42.5 Å². The van der Waals surface area contributed by atoms with E-state index in [1.807, 2.05) is 23.7 Å². The first-order valence-electron chi connectivity index (χ1n) is 12.1.